The standard InChI is InChI=1S/C21H24N2O5S/c1-2-12-22-29(26,27)18-10-5-8-17(14-18)21(25)28-15-20(24)23-13-6-9-16-7-3-4-11-19(16)23/h3-5,7-8,10-11,14,22H,2,6,9,12-13,15H2,1H3. The smallest absolute Gasteiger partial charge is 0.338 e. The number of nitrogens with zero attached hydrogens (tertiary/aromatic N) is 1. The van der Waals surface area contributed by atoms with Crippen molar-refractivity contribution in [3.05, 3.63) is 59.7 Å². The molecular weight excluding hydrogens is 392 g/mol. The topological polar surface area (TPSA) is 92.8 Å². The second kappa shape index (κ2) is 9.19. The molecule has 3 rings (SSSR count). The van der Waals surface area contributed by atoms with E-state index in [0.29, 0.717) is 19.5 Å². The normalized spacial score (nSPS) is 13.6. The average molecular weight is 416 g/mol. The van der Waals surface area contributed by atoms with Gasteiger partial charge in [-0.25, -0.2) is 17.9 Å². The summed E-state index contributed by atoms with van der Waals surface area (Å²) in [5, 5.41) is 0. The van der Waals surface area contributed by atoms with Crippen LogP contribution in [-0.4, -0.2) is 40.0 Å². The zero-order chi connectivity index (χ0) is 20.9. The number of sulfonamides is 1. The minimum atomic E-state index is -3.69. The molecule has 1 aliphatic heterocycles. The number of nitrogens with one attached hydrogen (secondary N) is 1. The Labute approximate surface area is 170 Å². The van der Waals surface area contributed by atoms with Crippen molar-refractivity contribution >= 4 is 27.6 Å². The summed E-state index contributed by atoms with van der Waals surface area (Å²) in [6.07, 6.45) is 2.41. The molecule has 0 aliphatic carbocycles. The molecule has 0 unspecified atom stereocenters. The molecule has 154 valence electrons. The molecule has 29 heavy (non-hydrogen) atoms. The van der Waals surface area contributed by atoms with Crippen LogP contribution in [0.1, 0.15) is 35.7 Å². The van der Waals surface area contributed by atoms with E-state index in [1.54, 1.807) is 4.90 Å². The molecule has 1 aliphatic rings. The van der Waals surface area contributed by atoms with E-state index in [-0.39, 0.29) is 16.4 Å². The van der Waals surface area contributed by atoms with Crippen molar-refractivity contribution in [1.82, 2.24) is 4.72 Å². The molecule has 0 aromatic heterocycles. The van der Waals surface area contributed by atoms with Crippen LogP contribution in [0.4, 0.5) is 5.69 Å². The number of carbonyl (C=O) groups is 2. The number of amides is 1. The van der Waals surface area contributed by atoms with Gasteiger partial charge in [0, 0.05) is 18.8 Å². The van der Waals surface area contributed by atoms with Gasteiger partial charge in [0.25, 0.3) is 5.91 Å². The first kappa shape index (κ1) is 21.0. The summed E-state index contributed by atoms with van der Waals surface area (Å²) in [7, 11) is -3.69. The van der Waals surface area contributed by atoms with E-state index in [2.05, 4.69) is 4.72 Å². The molecule has 2 aromatic carbocycles. The number of aryl methyl sites for hydroxylation is 1. The fraction of sp³-hybridized carbons (Fsp3) is 0.333. The Balaban J connectivity index is 1.66. The van der Waals surface area contributed by atoms with Crippen molar-refractivity contribution in [3.63, 3.8) is 0 Å². The van der Waals surface area contributed by atoms with E-state index in [1.807, 2.05) is 31.2 Å². The number of hydrogen-bond donors (Lipinski definition) is 1. The van der Waals surface area contributed by atoms with E-state index in [9.17, 15) is 18.0 Å². The van der Waals surface area contributed by atoms with Crippen molar-refractivity contribution in [2.45, 2.75) is 31.1 Å². The Kier molecular flexibility index (Phi) is 6.66. The molecule has 0 spiro atoms. The quantitative estimate of drug-likeness (QED) is 0.700. The Bertz CT molecular complexity index is 1000. The zero-order valence-electron chi connectivity index (χ0n) is 16.3. The van der Waals surface area contributed by atoms with Crippen LogP contribution >= 0.6 is 0 Å². The highest BCUT2D eigenvalue weighted by molar-refractivity contribution is 7.89. The molecule has 7 nitrogen and oxygen atoms in total. The molecule has 0 radical (unpaired) electrons. The Morgan fingerprint density at radius 1 is 1.14 bits per heavy atom. The van der Waals surface area contributed by atoms with Gasteiger partial charge in [-0.1, -0.05) is 31.2 Å². The van der Waals surface area contributed by atoms with Crippen LogP contribution < -0.4 is 9.62 Å². The fourth-order valence-corrected chi connectivity index (χ4v) is 4.37. The van der Waals surface area contributed by atoms with E-state index in [1.165, 1.54) is 24.3 Å². The third-order valence-corrected chi connectivity index (χ3v) is 6.12. The highest BCUT2D eigenvalue weighted by Gasteiger charge is 2.23. The predicted molar refractivity (Wildman–Crippen MR) is 109 cm³/mol. The number of para-hydroxylation sites is 1. The van der Waals surface area contributed by atoms with Gasteiger partial charge in [0.2, 0.25) is 10.0 Å². The Hall–Kier alpha value is -2.71. The van der Waals surface area contributed by atoms with Gasteiger partial charge in [-0.05, 0) is 49.1 Å². The number of carbonyl (C=O) groups excluding carboxylic acids is 2. The predicted octanol–water partition coefficient (Wildman–Crippen LogP) is 2.51. The van der Waals surface area contributed by atoms with Crippen molar-refractivity contribution in [2.75, 3.05) is 24.6 Å². The van der Waals surface area contributed by atoms with Gasteiger partial charge in [-0.2, -0.15) is 0 Å². The monoisotopic (exact) mass is 416 g/mol. The maximum Gasteiger partial charge on any atom is 0.338 e. The number of fused-ring (bicyclic) bond motifs is 1. The summed E-state index contributed by atoms with van der Waals surface area (Å²) in [6.45, 7) is 2.33. The maximum absolute atomic E-state index is 12.6. The molecule has 1 heterocycles. The number of ether oxygens (including phenoxy) is 1. The first-order valence-electron chi connectivity index (χ1n) is 9.57. The van der Waals surface area contributed by atoms with Gasteiger partial charge in [-0.15, -0.1) is 0 Å². The first-order chi connectivity index (χ1) is 13.9. The van der Waals surface area contributed by atoms with Crippen LogP contribution in [0.25, 0.3) is 0 Å². The van der Waals surface area contributed by atoms with E-state index in [4.69, 9.17) is 4.74 Å². The lowest BCUT2D eigenvalue weighted by Gasteiger charge is -2.29. The summed E-state index contributed by atoms with van der Waals surface area (Å²) in [5.41, 5.74) is 2.02. The van der Waals surface area contributed by atoms with Crippen LogP contribution in [0.5, 0.6) is 0 Å². The summed E-state index contributed by atoms with van der Waals surface area (Å²) >= 11 is 0. The SMILES string of the molecule is CCCNS(=O)(=O)c1cccc(C(=O)OCC(=O)N2CCCc3ccccc32)c1. The minimum absolute atomic E-state index is 0.0170. The maximum atomic E-state index is 12.6. The molecule has 0 fully saturated rings. The van der Waals surface area contributed by atoms with E-state index in [0.717, 1.165) is 24.1 Å². The van der Waals surface area contributed by atoms with Gasteiger partial charge in [0.15, 0.2) is 6.61 Å². The van der Waals surface area contributed by atoms with Crippen LogP contribution in [0.2, 0.25) is 0 Å². The second-order valence-corrected chi connectivity index (χ2v) is 8.55. The van der Waals surface area contributed by atoms with Gasteiger partial charge < -0.3 is 9.64 Å². The van der Waals surface area contributed by atoms with Crippen LogP contribution in [-0.2, 0) is 26.0 Å². The fourth-order valence-electron chi connectivity index (χ4n) is 3.19. The summed E-state index contributed by atoms with van der Waals surface area (Å²) < 4.78 is 32.1. The van der Waals surface area contributed by atoms with Crippen molar-refractivity contribution < 1.29 is 22.7 Å². The number of anilines is 1. The summed E-state index contributed by atoms with van der Waals surface area (Å²) in [6, 6.07) is 13.3. The highest BCUT2D eigenvalue weighted by atomic mass is 32.2. The Morgan fingerprint density at radius 3 is 2.72 bits per heavy atom. The van der Waals surface area contributed by atoms with Gasteiger partial charge in [0.1, 0.15) is 0 Å². The van der Waals surface area contributed by atoms with Crippen molar-refractivity contribution in [3.8, 4) is 0 Å². The molecule has 2 aromatic rings. The van der Waals surface area contributed by atoms with E-state index < -0.39 is 22.6 Å². The molecule has 0 saturated carbocycles. The molecule has 0 saturated heterocycles. The van der Waals surface area contributed by atoms with E-state index >= 15 is 0 Å². The molecular formula is C21H24N2O5S. The van der Waals surface area contributed by atoms with Crippen molar-refractivity contribution in [1.29, 1.82) is 0 Å². The zero-order valence-corrected chi connectivity index (χ0v) is 17.1. The first-order valence-corrected chi connectivity index (χ1v) is 11.1. The molecule has 1 amide bonds. The van der Waals surface area contributed by atoms with Crippen LogP contribution in [0.3, 0.4) is 0 Å². The average Bonchev–Trinajstić information content (AvgIpc) is 2.75. The molecule has 1 N–H and O–H groups in total. The number of benzene rings is 2. The van der Waals surface area contributed by atoms with Crippen molar-refractivity contribution in [2.24, 2.45) is 0 Å². The lowest BCUT2D eigenvalue weighted by atomic mass is 10.0. The highest BCUT2D eigenvalue weighted by Crippen LogP contribution is 2.26. The molecule has 0 bridgehead atoms. The number of esters is 1. The lowest BCUT2D eigenvalue weighted by molar-refractivity contribution is -0.121. The summed E-state index contributed by atoms with van der Waals surface area (Å²) in [5.74, 6) is -1.05. The minimum Gasteiger partial charge on any atom is -0.452 e. The third kappa shape index (κ3) is 5.02. The molecule has 8 heteroatoms. The Morgan fingerprint density at radius 2 is 1.93 bits per heavy atom. The van der Waals surface area contributed by atoms with Gasteiger partial charge in [-0.3, -0.25) is 4.79 Å². The lowest BCUT2D eigenvalue weighted by Crippen LogP contribution is -2.38. The molecule has 0 atom stereocenters. The van der Waals surface area contributed by atoms with Gasteiger partial charge in [0.05, 0.1) is 10.5 Å². The summed E-state index contributed by atoms with van der Waals surface area (Å²) in [4.78, 5) is 26.6. The number of hydrogen-bond acceptors (Lipinski definition) is 5. The van der Waals surface area contributed by atoms with Crippen LogP contribution in [0, 0.1) is 0 Å². The van der Waals surface area contributed by atoms with Gasteiger partial charge >= 0.3 is 5.97 Å². The second-order valence-electron chi connectivity index (χ2n) is 6.78. The number of rotatable bonds is 7. The largest absolute Gasteiger partial charge is 0.452 e. The third-order valence-electron chi connectivity index (χ3n) is 4.66. The van der Waals surface area contributed by atoms with Crippen LogP contribution in [0.15, 0.2) is 53.4 Å².